The zero-order chi connectivity index (χ0) is 11.1. The fraction of sp³-hybridized carbons (Fsp3) is 1.00. The number of likely N-dealkylation sites (N-methyl/N-ethyl adjacent to an activating group) is 1. The first kappa shape index (κ1) is 12.9. The van der Waals surface area contributed by atoms with Crippen LogP contribution in [0.3, 0.4) is 0 Å². The predicted molar refractivity (Wildman–Crippen MR) is 62.8 cm³/mol. The number of hydrogen-bond acceptors (Lipinski definition) is 4. The highest BCUT2D eigenvalue weighted by Crippen LogP contribution is 2.20. The van der Waals surface area contributed by atoms with Crippen LogP contribution >= 0.6 is 0 Å². The van der Waals surface area contributed by atoms with Gasteiger partial charge in [-0.25, -0.2) is 8.42 Å². The van der Waals surface area contributed by atoms with Gasteiger partial charge >= 0.3 is 0 Å². The summed E-state index contributed by atoms with van der Waals surface area (Å²) in [6.07, 6.45) is 1.85. The van der Waals surface area contributed by atoms with Gasteiger partial charge in [-0.2, -0.15) is 0 Å². The molecule has 0 amide bonds. The van der Waals surface area contributed by atoms with Crippen LogP contribution in [0.2, 0.25) is 0 Å². The van der Waals surface area contributed by atoms with Crippen LogP contribution in [0.5, 0.6) is 0 Å². The van der Waals surface area contributed by atoms with Crippen molar-refractivity contribution in [3.8, 4) is 0 Å². The lowest BCUT2D eigenvalue weighted by Gasteiger charge is -2.08. The van der Waals surface area contributed by atoms with E-state index in [0.717, 1.165) is 39.0 Å². The van der Waals surface area contributed by atoms with E-state index in [1.165, 1.54) is 0 Å². The van der Waals surface area contributed by atoms with E-state index in [9.17, 15) is 8.42 Å². The highest BCUT2D eigenvalue weighted by atomic mass is 32.2. The van der Waals surface area contributed by atoms with Gasteiger partial charge in [0.1, 0.15) is 0 Å². The van der Waals surface area contributed by atoms with E-state index in [1.54, 1.807) is 0 Å². The predicted octanol–water partition coefficient (Wildman–Crippen LogP) is 0.0103. The molecule has 5 heteroatoms. The summed E-state index contributed by atoms with van der Waals surface area (Å²) in [5, 5.41) is 6.55. The molecule has 15 heavy (non-hydrogen) atoms. The van der Waals surface area contributed by atoms with Crippen LogP contribution < -0.4 is 10.6 Å². The van der Waals surface area contributed by atoms with E-state index in [4.69, 9.17) is 0 Å². The third-order valence-corrected chi connectivity index (χ3v) is 4.62. The summed E-state index contributed by atoms with van der Waals surface area (Å²) in [6.45, 7) is 5.98. The molecule has 1 atom stereocenters. The number of rotatable bonds is 7. The molecule has 0 spiro atoms. The molecule has 1 aliphatic heterocycles. The molecule has 90 valence electrons. The van der Waals surface area contributed by atoms with Gasteiger partial charge in [0, 0.05) is 13.1 Å². The Balaban J connectivity index is 1.97. The third-order valence-electron chi connectivity index (χ3n) is 2.78. The number of hydrogen-bond donors (Lipinski definition) is 2. The maximum atomic E-state index is 11.2. The van der Waals surface area contributed by atoms with Crippen LogP contribution in [0.1, 0.15) is 19.8 Å². The largest absolute Gasteiger partial charge is 0.316 e. The van der Waals surface area contributed by atoms with Crippen molar-refractivity contribution in [2.45, 2.75) is 19.8 Å². The van der Waals surface area contributed by atoms with Gasteiger partial charge in [0.2, 0.25) is 0 Å². The Morgan fingerprint density at radius 1 is 1.20 bits per heavy atom. The molecule has 0 aromatic heterocycles. The highest BCUT2D eigenvalue weighted by molar-refractivity contribution is 7.91. The minimum atomic E-state index is -2.69. The molecule has 1 saturated heterocycles. The van der Waals surface area contributed by atoms with Crippen molar-refractivity contribution < 1.29 is 8.42 Å². The van der Waals surface area contributed by atoms with Crippen molar-refractivity contribution in [3.05, 3.63) is 0 Å². The average molecular weight is 234 g/mol. The first-order chi connectivity index (χ1) is 7.14. The van der Waals surface area contributed by atoms with Crippen LogP contribution in [0, 0.1) is 5.92 Å². The molecule has 1 heterocycles. The topological polar surface area (TPSA) is 58.2 Å². The molecule has 1 rings (SSSR count). The first-order valence-corrected chi connectivity index (χ1v) is 7.58. The summed E-state index contributed by atoms with van der Waals surface area (Å²) in [6, 6.07) is 0. The van der Waals surface area contributed by atoms with Gasteiger partial charge in [-0.1, -0.05) is 6.92 Å². The summed E-state index contributed by atoms with van der Waals surface area (Å²) in [5.41, 5.74) is 0. The Morgan fingerprint density at radius 3 is 2.53 bits per heavy atom. The summed E-state index contributed by atoms with van der Waals surface area (Å²) in [4.78, 5) is 0. The number of nitrogens with one attached hydrogen (secondary N) is 2. The molecular weight excluding hydrogens is 212 g/mol. The molecule has 1 fully saturated rings. The van der Waals surface area contributed by atoms with Crippen LogP contribution in [0.4, 0.5) is 0 Å². The summed E-state index contributed by atoms with van der Waals surface area (Å²) >= 11 is 0. The van der Waals surface area contributed by atoms with Gasteiger partial charge in [-0.15, -0.1) is 0 Å². The molecule has 4 nitrogen and oxygen atoms in total. The van der Waals surface area contributed by atoms with Crippen LogP contribution in [0.25, 0.3) is 0 Å². The Labute approximate surface area is 92.7 Å². The first-order valence-electron chi connectivity index (χ1n) is 5.76. The normalized spacial score (nSPS) is 24.5. The van der Waals surface area contributed by atoms with Gasteiger partial charge in [-0.3, -0.25) is 0 Å². The molecule has 1 aliphatic rings. The van der Waals surface area contributed by atoms with E-state index in [-0.39, 0.29) is 0 Å². The quantitative estimate of drug-likeness (QED) is 0.609. The van der Waals surface area contributed by atoms with Crippen molar-refractivity contribution in [2.24, 2.45) is 5.92 Å². The lowest BCUT2D eigenvalue weighted by atomic mass is 10.1. The smallest absolute Gasteiger partial charge is 0.150 e. The maximum absolute atomic E-state index is 11.2. The third kappa shape index (κ3) is 5.49. The summed E-state index contributed by atoms with van der Waals surface area (Å²) < 4.78 is 22.4. The monoisotopic (exact) mass is 234 g/mol. The van der Waals surface area contributed by atoms with E-state index < -0.39 is 9.84 Å². The molecule has 1 unspecified atom stereocenters. The second kappa shape index (κ2) is 6.45. The Morgan fingerprint density at radius 2 is 1.93 bits per heavy atom. The van der Waals surface area contributed by atoms with Crippen molar-refractivity contribution >= 4 is 9.84 Å². The summed E-state index contributed by atoms with van der Waals surface area (Å²) in [5.74, 6) is 1.19. The Kier molecular flexibility index (Phi) is 5.56. The molecule has 0 saturated carbocycles. The van der Waals surface area contributed by atoms with E-state index in [2.05, 4.69) is 17.6 Å². The van der Waals surface area contributed by atoms with Crippen molar-refractivity contribution in [1.82, 2.24) is 10.6 Å². The van der Waals surface area contributed by atoms with Crippen LogP contribution in [0.15, 0.2) is 0 Å². The Bertz CT molecular complexity index is 265. The zero-order valence-corrected chi connectivity index (χ0v) is 10.3. The van der Waals surface area contributed by atoms with Gasteiger partial charge in [-0.05, 0) is 31.8 Å². The second-order valence-corrected chi connectivity index (χ2v) is 6.39. The lowest BCUT2D eigenvalue weighted by Crippen LogP contribution is -2.28. The van der Waals surface area contributed by atoms with E-state index >= 15 is 0 Å². The lowest BCUT2D eigenvalue weighted by molar-refractivity contribution is 0.504. The van der Waals surface area contributed by atoms with Gasteiger partial charge in [0.05, 0.1) is 11.5 Å². The Hall–Kier alpha value is -0.130. The van der Waals surface area contributed by atoms with Crippen molar-refractivity contribution in [3.63, 3.8) is 0 Å². The van der Waals surface area contributed by atoms with E-state index in [0.29, 0.717) is 17.4 Å². The van der Waals surface area contributed by atoms with Crippen LogP contribution in [-0.4, -0.2) is 46.1 Å². The molecule has 0 radical (unpaired) electrons. The van der Waals surface area contributed by atoms with E-state index in [1.807, 2.05) is 0 Å². The maximum Gasteiger partial charge on any atom is 0.150 e. The second-order valence-electron chi connectivity index (χ2n) is 4.16. The minimum Gasteiger partial charge on any atom is -0.316 e. The SMILES string of the molecule is CCNCCNCCC1CCS(=O)(=O)C1. The van der Waals surface area contributed by atoms with Crippen LogP contribution in [-0.2, 0) is 9.84 Å². The molecule has 0 aliphatic carbocycles. The summed E-state index contributed by atoms with van der Waals surface area (Å²) in [7, 11) is -2.69. The van der Waals surface area contributed by atoms with Gasteiger partial charge in [0.25, 0.3) is 0 Å². The van der Waals surface area contributed by atoms with Gasteiger partial charge in [0.15, 0.2) is 9.84 Å². The average Bonchev–Trinajstić information content (AvgIpc) is 2.52. The fourth-order valence-electron chi connectivity index (χ4n) is 1.88. The molecule has 0 aromatic carbocycles. The molecule has 0 bridgehead atoms. The number of sulfone groups is 1. The van der Waals surface area contributed by atoms with Crippen molar-refractivity contribution in [1.29, 1.82) is 0 Å². The highest BCUT2D eigenvalue weighted by Gasteiger charge is 2.26. The molecular formula is C10H22N2O2S. The zero-order valence-electron chi connectivity index (χ0n) is 9.46. The standard InChI is InChI=1S/C10H22N2O2S/c1-2-11-6-7-12-5-3-10-4-8-15(13,14)9-10/h10-12H,2-9H2,1H3. The van der Waals surface area contributed by atoms with Gasteiger partial charge < -0.3 is 10.6 Å². The fourth-order valence-corrected chi connectivity index (χ4v) is 3.80. The molecule has 0 aromatic rings. The minimum absolute atomic E-state index is 0.390. The molecule has 2 N–H and O–H groups in total. The van der Waals surface area contributed by atoms with Crippen molar-refractivity contribution in [2.75, 3.05) is 37.7 Å².